The number of anilines is 1. The SMILES string of the molecule is COc1c([C@H]2[C@H](C(=O)Nc3ccncc3C(C)=O)O[C@@](C)(C(F)(F)F)[C@H]2C)ccc(F)c1F. The van der Waals surface area contributed by atoms with Crippen LogP contribution in [-0.4, -0.2) is 41.7 Å². The zero-order valence-electron chi connectivity index (χ0n) is 18.1. The molecule has 0 spiro atoms. The summed E-state index contributed by atoms with van der Waals surface area (Å²) in [6.07, 6.45) is -4.16. The lowest BCUT2D eigenvalue weighted by Gasteiger charge is -2.32. The summed E-state index contributed by atoms with van der Waals surface area (Å²) < 4.78 is 80.3. The number of ether oxygens (including phenoxy) is 2. The highest BCUT2D eigenvalue weighted by Gasteiger charge is 2.65. The summed E-state index contributed by atoms with van der Waals surface area (Å²) in [6, 6.07) is 3.12. The van der Waals surface area contributed by atoms with Crippen molar-refractivity contribution < 1.29 is 41.0 Å². The standard InChI is InChI=1S/C22H21F5N2O4/c1-10-16(12-5-6-14(23)17(24)18(12)32-4)19(33-21(10,3)22(25,26)27)20(31)29-15-7-8-28-9-13(15)11(2)30/h5-10,16,19H,1-4H3,(H,28,29,31)/t10-,16-,19+,21+/m0/s1. The zero-order valence-corrected chi connectivity index (χ0v) is 18.1. The van der Waals surface area contributed by atoms with Gasteiger partial charge in [0.15, 0.2) is 23.0 Å². The van der Waals surface area contributed by atoms with Crippen LogP contribution >= 0.6 is 0 Å². The molecule has 1 amide bonds. The number of Topliss-reactive ketones (excluding diaryl/α,β-unsaturated/α-hetero) is 1. The molecule has 0 radical (unpaired) electrons. The van der Waals surface area contributed by atoms with E-state index < -0.39 is 58.8 Å². The van der Waals surface area contributed by atoms with Gasteiger partial charge in [-0.2, -0.15) is 17.6 Å². The van der Waals surface area contributed by atoms with Crippen LogP contribution in [0.25, 0.3) is 0 Å². The van der Waals surface area contributed by atoms with E-state index in [1.165, 1.54) is 32.3 Å². The lowest BCUT2D eigenvalue weighted by molar-refractivity contribution is -0.272. The highest BCUT2D eigenvalue weighted by molar-refractivity contribution is 6.04. The van der Waals surface area contributed by atoms with E-state index in [-0.39, 0.29) is 16.8 Å². The average Bonchev–Trinajstić information content (AvgIpc) is 3.02. The number of amides is 1. The van der Waals surface area contributed by atoms with Crippen LogP contribution in [0, 0.1) is 17.6 Å². The molecular formula is C22H21F5N2O4. The van der Waals surface area contributed by atoms with Crippen molar-refractivity contribution in [1.29, 1.82) is 0 Å². The summed E-state index contributed by atoms with van der Waals surface area (Å²) in [6.45, 7) is 3.23. The lowest BCUT2D eigenvalue weighted by Crippen LogP contribution is -2.47. The van der Waals surface area contributed by atoms with E-state index in [1.807, 2.05) is 0 Å². The number of carbonyl (C=O) groups is 2. The predicted molar refractivity (Wildman–Crippen MR) is 107 cm³/mol. The van der Waals surface area contributed by atoms with E-state index >= 15 is 0 Å². The maximum atomic E-state index is 14.4. The van der Waals surface area contributed by atoms with Crippen molar-refractivity contribution in [3.05, 3.63) is 53.4 Å². The van der Waals surface area contributed by atoms with E-state index in [2.05, 4.69) is 10.3 Å². The zero-order chi connectivity index (χ0) is 24.7. The Morgan fingerprint density at radius 1 is 1.21 bits per heavy atom. The number of alkyl halides is 3. The Labute approximate surface area is 186 Å². The molecule has 1 N–H and O–H groups in total. The number of benzene rings is 1. The number of methoxy groups -OCH3 is 1. The molecular weight excluding hydrogens is 451 g/mol. The van der Waals surface area contributed by atoms with Crippen LogP contribution < -0.4 is 10.1 Å². The number of nitrogens with zero attached hydrogens (tertiary/aromatic N) is 1. The fraction of sp³-hybridized carbons (Fsp3) is 0.409. The normalized spacial score (nSPS) is 25.1. The monoisotopic (exact) mass is 472 g/mol. The third-order valence-corrected chi connectivity index (χ3v) is 6.03. The van der Waals surface area contributed by atoms with Crippen LogP contribution in [0.5, 0.6) is 5.75 Å². The number of carbonyl (C=O) groups excluding carboxylic acids is 2. The molecule has 1 saturated heterocycles. The summed E-state index contributed by atoms with van der Waals surface area (Å²) in [5.74, 6) is -7.45. The van der Waals surface area contributed by atoms with Gasteiger partial charge in [0.05, 0.1) is 18.4 Å². The Balaban J connectivity index is 2.11. The first-order valence-electron chi connectivity index (χ1n) is 9.85. The van der Waals surface area contributed by atoms with Gasteiger partial charge in [-0.3, -0.25) is 14.6 Å². The molecule has 11 heteroatoms. The number of nitrogens with one attached hydrogen (secondary N) is 1. The molecule has 6 nitrogen and oxygen atoms in total. The third kappa shape index (κ3) is 4.17. The van der Waals surface area contributed by atoms with Crippen molar-refractivity contribution in [2.24, 2.45) is 5.92 Å². The van der Waals surface area contributed by atoms with Crippen molar-refractivity contribution in [1.82, 2.24) is 4.98 Å². The minimum absolute atomic E-state index is 0.0235. The minimum atomic E-state index is -4.88. The van der Waals surface area contributed by atoms with Crippen LogP contribution in [0.2, 0.25) is 0 Å². The number of rotatable bonds is 5. The van der Waals surface area contributed by atoms with Gasteiger partial charge in [-0.1, -0.05) is 13.0 Å². The van der Waals surface area contributed by atoms with Crippen molar-refractivity contribution in [2.45, 2.75) is 44.6 Å². The van der Waals surface area contributed by atoms with Gasteiger partial charge in [0.25, 0.3) is 5.91 Å². The molecule has 1 aliphatic heterocycles. The molecule has 2 heterocycles. The summed E-state index contributed by atoms with van der Waals surface area (Å²) in [5, 5.41) is 2.41. The summed E-state index contributed by atoms with van der Waals surface area (Å²) in [7, 11) is 1.04. The molecule has 2 aromatic rings. The Kier molecular flexibility index (Phi) is 6.47. The molecule has 1 aromatic heterocycles. The van der Waals surface area contributed by atoms with Gasteiger partial charge in [-0.15, -0.1) is 0 Å². The molecule has 4 atom stereocenters. The van der Waals surface area contributed by atoms with Crippen LogP contribution in [0.3, 0.4) is 0 Å². The van der Waals surface area contributed by atoms with Gasteiger partial charge in [-0.25, -0.2) is 4.39 Å². The van der Waals surface area contributed by atoms with Gasteiger partial charge >= 0.3 is 6.18 Å². The van der Waals surface area contributed by atoms with Crippen molar-refractivity contribution in [2.75, 3.05) is 12.4 Å². The topological polar surface area (TPSA) is 77.5 Å². The Bertz CT molecular complexity index is 1090. The number of ketones is 1. The van der Waals surface area contributed by atoms with Crippen molar-refractivity contribution in [3.63, 3.8) is 0 Å². The second-order valence-electron chi connectivity index (χ2n) is 7.91. The second kappa shape index (κ2) is 8.69. The lowest BCUT2D eigenvalue weighted by atomic mass is 9.77. The van der Waals surface area contributed by atoms with Crippen molar-refractivity contribution >= 4 is 17.4 Å². The van der Waals surface area contributed by atoms with E-state index in [1.54, 1.807) is 0 Å². The van der Waals surface area contributed by atoms with Gasteiger partial charge in [0.1, 0.15) is 6.10 Å². The van der Waals surface area contributed by atoms with Crippen LogP contribution in [-0.2, 0) is 9.53 Å². The molecule has 1 aliphatic rings. The van der Waals surface area contributed by atoms with E-state index in [4.69, 9.17) is 9.47 Å². The number of halogens is 5. The van der Waals surface area contributed by atoms with Gasteiger partial charge in [-0.05, 0) is 26.0 Å². The molecule has 0 aliphatic carbocycles. The van der Waals surface area contributed by atoms with Crippen LogP contribution in [0.1, 0.15) is 42.6 Å². The first kappa shape index (κ1) is 24.6. The molecule has 0 saturated carbocycles. The summed E-state index contributed by atoms with van der Waals surface area (Å²) in [5.41, 5.74) is -2.87. The number of hydrogen-bond donors (Lipinski definition) is 1. The first-order valence-corrected chi connectivity index (χ1v) is 9.85. The molecule has 0 unspecified atom stereocenters. The Hall–Kier alpha value is -3.08. The molecule has 1 fully saturated rings. The minimum Gasteiger partial charge on any atom is -0.493 e. The molecule has 178 valence electrons. The van der Waals surface area contributed by atoms with E-state index in [9.17, 15) is 31.5 Å². The van der Waals surface area contributed by atoms with Crippen LogP contribution in [0.15, 0.2) is 30.6 Å². The second-order valence-corrected chi connectivity index (χ2v) is 7.91. The van der Waals surface area contributed by atoms with Gasteiger partial charge in [0, 0.05) is 29.8 Å². The highest BCUT2D eigenvalue weighted by Crippen LogP contribution is 2.55. The van der Waals surface area contributed by atoms with Gasteiger partial charge in [0.2, 0.25) is 5.82 Å². The number of hydrogen-bond acceptors (Lipinski definition) is 5. The quantitative estimate of drug-likeness (QED) is 0.507. The fourth-order valence-corrected chi connectivity index (χ4v) is 4.03. The third-order valence-electron chi connectivity index (χ3n) is 6.03. The maximum absolute atomic E-state index is 14.4. The molecule has 33 heavy (non-hydrogen) atoms. The first-order chi connectivity index (χ1) is 15.3. The maximum Gasteiger partial charge on any atom is 0.417 e. The largest absolute Gasteiger partial charge is 0.493 e. The van der Waals surface area contributed by atoms with E-state index in [0.717, 1.165) is 26.2 Å². The molecule has 3 rings (SSSR count). The smallest absolute Gasteiger partial charge is 0.417 e. The van der Waals surface area contributed by atoms with E-state index in [0.29, 0.717) is 0 Å². The van der Waals surface area contributed by atoms with Gasteiger partial charge < -0.3 is 14.8 Å². The van der Waals surface area contributed by atoms with Crippen LogP contribution in [0.4, 0.5) is 27.6 Å². The fourth-order valence-electron chi connectivity index (χ4n) is 4.03. The molecule has 0 bridgehead atoms. The summed E-state index contributed by atoms with van der Waals surface area (Å²) >= 11 is 0. The predicted octanol–water partition coefficient (Wildman–Crippen LogP) is 4.65. The number of pyridine rings is 1. The molecule has 1 aromatic carbocycles. The highest BCUT2D eigenvalue weighted by atomic mass is 19.4. The number of aromatic nitrogens is 1. The van der Waals surface area contributed by atoms with Crippen molar-refractivity contribution in [3.8, 4) is 5.75 Å². The Morgan fingerprint density at radius 2 is 1.88 bits per heavy atom. The summed E-state index contributed by atoms with van der Waals surface area (Å²) in [4.78, 5) is 28.8. The Morgan fingerprint density at radius 3 is 2.45 bits per heavy atom. The average molecular weight is 472 g/mol.